The molecule has 0 bridgehead atoms. The van der Waals surface area contributed by atoms with Gasteiger partial charge in [0.15, 0.2) is 0 Å². The molecule has 0 spiro atoms. The molecule has 40 heavy (non-hydrogen) atoms. The summed E-state index contributed by atoms with van der Waals surface area (Å²) in [5.74, 6) is -0.158. The van der Waals surface area contributed by atoms with Crippen LogP contribution in [0.4, 0.5) is 5.69 Å². The maximum Gasteiger partial charge on any atom is 0.274 e. The minimum absolute atomic E-state index is 0.0169. The molecule has 6 heterocycles. The number of piperazine rings is 1. The lowest BCUT2D eigenvalue weighted by Gasteiger charge is -2.32. The minimum Gasteiger partial charge on any atom is -0.370 e. The molecular formula is C31H38N8O. The van der Waals surface area contributed by atoms with Gasteiger partial charge >= 0.3 is 0 Å². The number of nitrogens with one attached hydrogen (secondary N) is 2. The molecule has 0 radical (unpaired) electrons. The van der Waals surface area contributed by atoms with Gasteiger partial charge in [-0.05, 0) is 62.4 Å². The summed E-state index contributed by atoms with van der Waals surface area (Å²) in [4.78, 5) is 34.9. The van der Waals surface area contributed by atoms with Gasteiger partial charge in [0.2, 0.25) is 0 Å². The number of fused-ring (bicyclic) bond motifs is 3. The SMILES string of the molecule is CN1CCN(CC2=NC=C(NC(=O)C3=NC4N[C@H]4c4ccc(-c5cncc(N6CCCCC6)c5)cc43)CC2)CC1. The van der Waals surface area contributed by atoms with Crippen LogP contribution in [0.15, 0.2) is 58.5 Å². The fourth-order valence-corrected chi connectivity index (χ4v) is 6.27. The van der Waals surface area contributed by atoms with Gasteiger partial charge < -0.3 is 15.1 Å². The molecule has 1 amide bonds. The van der Waals surface area contributed by atoms with Gasteiger partial charge in [0.1, 0.15) is 11.9 Å². The number of likely N-dealkylation sites (N-methyl/N-ethyl adjacent to an activating group) is 1. The smallest absolute Gasteiger partial charge is 0.274 e. The average molecular weight is 539 g/mol. The number of aliphatic imine (C=N–C) groups is 2. The maximum absolute atomic E-state index is 13.5. The third kappa shape index (κ3) is 5.33. The fraction of sp³-hybridized carbons (Fsp3) is 0.484. The lowest BCUT2D eigenvalue weighted by atomic mass is 9.92. The molecule has 3 saturated heterocycles. The van der Waals surface area contributed by atoms with Crippen LogP contribution >= 0.6 is 0 Å². The summed E-state index contributed by atoms with van der Waals surface area (Å²) in [7, 11) is 2.17. The number of hydrogen-bond donors (Lipinski definition) is 2. The molecule has 1 aromatic heterocycles. The number of piperidine rings is 1. The Morgan fingerprint density at radius 1 is 1.00 bits per heavy atom. The third-order valence-corrected chi connectivity index (χ3v) is 8.82. The number of amides is 1. The predicted molar refractivity (Wildman–Crippen MR) is 159 cm³/mol. The summed E-state index contributed by atoms with van der Waals surface area (Å²) in [5, 5.41) is 6.53. The highest BCUT2D eigenvalue weighted by atomic mass is 16.2. The second kappa shape index (κ2) is 10.9. The van der Waals surface area contributed by atoms with E-state index in [1.54, 1.807) is 0 Å². The Bertz CT molecular complexity index is 1380. The molecule has 5 aliphatic heterocycles. The number of benzene rings is 1. The van der Waals surface area contributed by atoms with Crippen LogP contribution in [0.3, 0.4) is 0 Å². The molecule has 9 nitrogen and oxygen atoms in total. The second-order valence-electron chi connectivity index (χ2n) is 11.7. The van der Waals surface area contributed by atoms with Gasteiger partial charge in [-0.15, -0.1) is 0 Å². The first-order valence-corrected chi connectivity index (χ1v) is 14.8. The minimum atomic E-state index is -0.158. The number of anilines is 1. The first-order valence-electron chi connectivity index (χ1n) is 14.8. The molecule has 1 aromatic carbocycles. The van der Waals surface area contributed by atoms with E-state index in [0.717, 1.165) is 86.6 Å². The van der Waals surface area contributed by atoms with E-state index in [-0.39, 0.29) is 18.1 Å². The van der Waals surface area contributed by atoms with Crippen molar-refractivity contribution in [2.24, 2.45) is 9.98 Å². The number of rotatable bonds is 6. The lowest BCUT2D eigenvalue weighted by Crippen LogP contribution is -2.46. The van der Waals surface area contributed by atoms with Gasteiger partial charge in [-0.1, -0.05) is 12.1 Å². The van der Waals surface area contributed by atoms with E-state index in [0.29, 0.717) is 5.71 Å². The molecule has 1 unspecified atom stereocenters. The van der Waals surface area contributed by atoms with E-state index in [9.17, 15) is 4.79 Å². The Labute approximate surface area is 236 Å². The van der Waals surface area contributed by atoms with Crippen LogP contribution in [0, 0.1) is 0 Å². The zero-order valence-electron chi connectivity index (χ0n) is 23.3. The van der Waals surface area contributed by atoms with Crippen molar-refractivity contribution in [3.63, 3.8) is 0 Å². The van der Waals surface area contributed by atoms with Gasteiger partial charge in [-0.3, -0.25) is 30.0 Å². The third-order valence-electron chi connectivity index (χ3n) is 8.82. The number of aromatic nitrogens is 1. The first-order chi connectivity index (χ1) is 19.6. The van der Waals surface area contributed by atoms with Gasteiger partial charge in [-0.2, -0.15) is 0 Å². The summed E-state index contributed by atoms with van der Waals surface area (Å²) in [6.45, 7) is 7.45. The zero-order chi connectivity index (χ0) is 27.1. The van der Waals surface area contributed by atoms with Gasteiger partial charge in [0.05, 0.1) is 17.9 Å². The number of carbonyl (C=O) groups is 1. The molecule has 3 fully saturated rings. The van der Waals surface area contributed by atoms with Crippen LogP contribution in [0.1, 0.15) is 49.3 Å². The van der Waals surface area contributed by atoms with Crippen molar-refractivity contribution in [3.8, 4) is 11.1 Å². The monoisotopic (exact) mass is 538 g/mol. The van der Waals surface area contributed by atoms with Gasteiger partial charge in [-0.25, -0.2) is 0 Å². The predicted octanol–water partition coefficient (Wildman–Crippen LogP) is 2.95. The molecule has 9 heteroatoms. The van der Waals surface area contributed by atoms with Crippen molar-refractivity contribution >= 4 is 23.0 Å². The maximum atomic E-state index is 13.5. The molecule has 2 aromatic rings. The van der Waals surface area contributed by atoms with E-state index in [1.807, 2.05) is 18.6 Å². The first kappa shape index (κ1) is 25.6. The standard InChI is InChI=1S/C31H38N8O/c1-37-11-13-38(14-12-37)20-24-7-6-23(18-33-24)34-31(40)29-27-16-21(5-8-26(27)28-30(35-28)36-29)22-15-25(19-32-17-22)39-9-3-2-4-10-39/h5,8,15-19,28,30,35H,2-4,6-7,9-14,20H2,1H3,(H,34,40)/t28-,30?/m0/s1. The van der Waals surface area contributed by atoms with E-state index < -0.39 is 0 Å². The summed E-state index contributed by atoms with van der Waals surface area (Å²) in [5.41, 5.74) is 7.88. The summed E-state index contributed by atoms with van der Waals surface area (Å²) < 4.78 is 0. The Balaban J connectivity index is 1.07. The van der Waals surface area contributed by atoms with Crippen molar-refractivity contribution in [3.05, 3.63) is 59.7 Å². The Morgan fingerprint density at radius 2 is 1.85 bits per heavy atom. The topological polar surface area (TPSA) is 98.4 Å². The number of nitrogens with zero attached hydrogens (tertiary/aromatic N) is 6. The van der Waals surface area contributed by atoms with Crippen molar-refractivity contribution < 1.29 is 4.79 Å². The zero-order valence-corrected chi connectivity index (χ0v) is 23.3. The molecular weight excluding hydrogens is 500 g/mol. The van der Waals surface area contributed by atoms with Crippen LogP contribution < -0.4 is 15.5 Å². The Kier molecular flexibility index (Phi) is 6.95. The highest BCUT2D eigenvalue weighted by Gasteiger charge is 2.44. The number of hydrogen-bond acceptors (Lipinski definition) is 8. The molecule has 2 N–H and O–H groups in total. The molecule has 208 valence electrons. The fourth-order valence-electron chi connectivity index (χ4n) is 6.27. The van der Waals surface area contributed by atoms with E-state index >= 15 is 0 Å². The van der Waals surface area contributed by atoms with Gasteiger partial charge in [0, 0.05) is 80.7 Å². The molecule has 0 saturated carbocycles. The van der Waals surface area contributed by atoms with Crippen molar-refractivity contribution in [2.45, 2.75) is 44.3 Å². The molecule has 0 aliphatic carbocycles. The highest BCUT2D eigenvalue weighted by molar-refractivity contribution is 6.46. The van der Waals surface area contributed by atoms with Crippen molar-refractivity contribution in [2.75, 3.05) is 57.8 Å². The average Bonchev–Trinajstić information content (AvgIpc) is 3.79. The van der Waals surface area contributed by atoms with Gasteiger partial charge in [0.25, 0.3) is 5.91 Å². The van der Waals surface area contributed by atoms with E-state index in [2.05, 4.69) is 61.6 Å². The Morgan fingerprint density at radius 3 is 2.65 bits per heavy atom. The molecule has 7 rings (SSSR count). The van der Waals surface area contributed by atoms with Crippen LogP contribution in [-0.2, 0) is 4.79 Å². The van der Waals surface area contributed by atoms with Crippen molar-refractivity contribution in [1.29, 1.82) is 0 Å². The number of allylic oxidation sites excluding steroid dienone is 1. The van der Waals surface area contributed by atoms with E-state index in [4.69, 9.17) is 9.98 Å². The van der Waals surface area contributed by atoms with Crippen LogP contribution in [-0.4, -0.2) is 91.1 Å². The van der Waals surface area contributed by atoms with Crippen LogP contribution in [0.5, 0.6) is 0 Å². The second-order valence-corrected chi connectivity index (χ2v) is 11.7. The molecule has 2 atom stereocenters. The number of carbonyl (C=O) groups excluding carboxylic acids is 1. The molecule has 5 aliphatic rings. The van der Waals surface area contributed by atoms with Crippen LogP contribution in [0.25, 0.3) is 11.1 Å². The highest BCUT2D eigenvalue weighted by Crippen LogP contribution is 2.39. The summed E-state index contributed by atoms with van der Waals surface area (Å²) in [6, 6.07) is 8.82. The van der Waals surface area contributed by atoms with Crippen molar-refractivity contribution in [1.82, 2.24) is 25.4 Å². The number of pyridine rings is 1. The quantitative estimate of drug-likeness (QED) is 0.549. The van der Waals surface area contributed by atoms with Crippen LogP contribution in [0.2, 0.25) is 0 Å². The summed E-state index contributed by atoms with van der Waals surface area (Å²) in [6.07, 6.45) is 11.1. The van der Waals surface area contributed by atoms with E-state index in [1.165, 1.54) is 30.7 Å². The lowest BCUT2D eigenvalue weighted by molar-refractivity contribution is -0.114. The summed E-state index contributed by atoms with van der Waals surface area (Å²) >= 11 is 0. The normalized spacial score (nSPS) is 24.8. The largest absolute Gasteiger partial charge is 0.370 e. The Hall–Kier alpha value is -3.40.